The van der Waals surface area contributed by atoms with Crippen LogP contribution in [0.4, 0.5) is 0 Å². The van der Waals surface area contributed by atoms with Crippen LogP contribution < -0.4 is 0 Å². The van der Waals surface area contributed by atoms with Gasteiger partial charge in [0.2, 0.25) is 5.91 Å². The van der Waals surface area contributed by atoms with E-state index in [1.165, 1.54) is 13.8 Å². The molecule has 1 aromatic heterocycles. The molecule has 4 nitrogen and oxygen atoms in total. The topological polar surface area (TPSA) is 50.3 Å². The molecule has 2 aromatic rings. The third-order valence-corrected chi connectivity index (χ3v) is 4.81. The average molecular weight is 436 g/mol. The number of hydrogen-bond donors (Lipinski definition) is 0. The first-order chi connectivity index (χ1) is 11.4. The highest BCUT2D eigenvalue weighted by atomic mass is 127. The van der Waals surface area contributed by atoms with Gasteiger partial charge in [-0.15, -0.1) is 0 Å². The lowest BCUT2D eigenvalue weighted by Gasteiger charge is -2.35. The van der Waals surface area contributed by atoms with Crippen molar-refractivity contribution in [3.63, 3.8) is 0 Å². The molecule has 0 fully saturated rings. The number of carbonyl (C=O) groups is 2. The monoisotopic (exact) mass is 436 g/mol. The van der Waals surface area contributed by atoms with Crippen LogP contribution in [0.5, 0.6) is 0 Å². The first-order valence-electron chi connectivity index (χ1n) is 7.84. The molecule has 0 aliphatic rings. The maximum atomic E-state index is 12.3. The van der Waals surface area contributed by atoms with Gasteiger partial charge < -0.3 is 4.90 Å². The van der Waals surface area contributed by atoms with Gasteiger partial charge in [0.15, 0.2) is 5.78 Å². The Labute approximate surface area is 156 Å². The van der Waals surface area contributed by atoms with Gasteiger partial charge in [0.25, 0.3) is 0 Å². The van der Waals surface area contributed by atoms with Crippen LogP contribution in [-0.4, -0.2) is 27.6 Å². The van der Waals surface area contributed by atoms with E-state index in [1.807, 2.05) is 43.3 Å². The van der Waals surface area contributed by atoms with Crippen molar-refractivity contribution in [2.24, 2.45) is 0 Å². The van der Waals surface area contributed by atoms with E-state index in [4.69, 9.17) is 0 Å². The Kier molecular flexibility index (Phi) is 6.48. The van der Waals surface area contributed by atoms with Crippen LogP contribution in [0.25, 0.3) is 0 Å². The fraction of sp³-hybridized carbons (Fsp3) is 0.316. The van der Waals surface area contributed by atoms with Crippen molar-refractivity contribution >= 4 is 34.3 Å². The van der Waals surface area contributed by atoms with E-state index in [0.29, 0.717) is 6.42 Å². The maximum Gasteiger partial charge on any atom is 0.220 e. The molecule has 0 spiro atoms. The maximum absolute atomic E-state index is 12.3. The third kappa shape index (κ3) is 4.63. The molecule has 0 N–H and O–H groups in total. The van der Waals surface area contributed by atoms with Crippen LogP contribution >= 0.6 is 22.6 Å². The smallest absolute Gasteiger partial charge is 0.220 e. The van der Waals surface area contributed by atoms with Crippen LogP contribution in [0.2, 0.25) is 0 Å². The molecular weight excluding hydrogens is 415 g/mol. The lowest BCUT2D eigenvalue weighted by molar-refractivity contribution is -0.139. The van der Waals surface area contributed by atoms with Crippen LogP contribution in [0.15, 0.2) is 48.8 Å². The number of amides is 1. The van der Waals surface area contributed by atoms with Crippen LogP contribution in [0.3, 0.4) is 0 Å². The van der Waals surface area contributed by atoms with Gasteiger partial charge in [-0.3, -0.25) is 14.6 Å². The van der Waals surface area contributed by atoms with E-state index in [2.05, 4.69) is 27.6 Å². The molecular formula is C19H21IN2O2. The number of Topliss-reactive ketones (excluding diaryl/α,β-unsaturated/α-hetero) is 1. The molecule has 0 aliphatic heterocycles. The minimum absolute atomic E-state index is 0.0218. The zero-order valence-electron chi connectivity index (χ0n) is 14.1. The predicted octanol–water partition coefficient (Wildman–Crippen LogP) is 3.80. The molecule has 2 atom stereocenters. The second-order valence-corrected chi connectivity index (χ2v) is 7.09. The van der Waals surface area contributed by atoms with E-state index in [-0.39, 0.29) is 17.7 Å². The second-order valence-electron chi connectivity index (χ2n) is 5.85. The molecule has 0 unspecified atom stereocenters. The minimum atomic E-state index is -0.499. The zero-order chi connectivity index (χ0) is 17.7. The highest BCUT2D eigenvalue weighted by molar-refractivity contribution is 14.1. The Bertz CT molecular complexity index is 701. The van der Waals surface area contributed by atoms with E-state index < -0.39 is 6.04 Å². The summed E-state index contributed by atoms with van der Waals surface area (Å²) in [4.78, 5) is 30.4. The largest absolute Gasteiger partial charge is 0.326 e. The predicted molar refractivity (Wildman–Crippen MR) is 103 cm³/mol. The summed E-state index contributed by atoms with van der Waals surface area (Å²) >= 11 is 2.25. The summed E-state index contributed by atoms with van der Waals surface area (Å²) in [5.41, 5.74) is 1.96. The van der Waals surface area contributed by atoms with Crippen LogP contribution in [0, 0.1) is 3.57 Å². The summed E-state index contributed by atoms with van der Waals surface area (Å²) in [6.45, 7) is 5.02. The van der Waals surface area contributed by atoms with Crippen LogP contribution in [0.1, 0.15) is 37.9 Å². The molecule has 0 saturated carbocycles. The van der Waals surface area contributed by atoms with Crippen LogP contribution in [-0.2, 0) is 16.0 Å². The van der Waals surface area contributed by atoms with Crippen molar-refractivity contribution in [3.8, 4) is 0 Å². The SMILES string of the molecule is CC(=O)[C@@H](Cc1cccnc1)N(C(C)=O)[C@H](C)c1ccc(I)cc1. The number of rotatable bonds is 6. The second kappa shape index (κ2) is 8.37. The average Bonchev–Trinajstić information content (AvgIpc) is 2.55. The fourth-order valence-electron chi connectivity index (χ4n) is 2.84. The fourth-order valence-corrected chi connectivity index (χ4v) is 3.20. The van der Waals surface area contributed by atoms with Crippen molar-refractivity contribution in [3.05, 3.63) is 63.5 Å². The van der Waals surface area contributed by atoms with Crippen molar-refractivity contribution in [1.82, 2.24) is 9.88 Å². The van der Waals surface area contributed by atoms with Crippen molar-refractivity contribution in [2.75, 3.05) is 0 Å². The quantitative estimate of drug-likeness (QED) is 0.648. The molecule has 2 rings (SSSR count). The number of carbonyl (C=O) groups excluding carboxylic acids is 2. The Morgan fingerprint density at radius 3 is 2.33 bits per heavy atom. The van der Waals surface area contributed by atoms with Gasteiger partial charge in [-0.25, -0.2) is 0 Å². The van der Waals surface area contributed by atoms with Gasteiger partial charge in [0.1, 0.15) is 0 Å². The van der Waals surface area contributed by atoms with Gasteiger partial charge >= 0.3 is 0 Å². The lowest BCUT2D eigenvalue weighted by atomic mass is 9.98. The lowest BCUT2D eigenvalue weighted by Crippen LogP contribution is -2.46. The minimum Gasteiger partial charge on any atom is -0.326 e. The molecule has 5 heteroatoms. The van der Waals surface area contributed by atoms with Gasteiger partial charge in [-0.2, -0.15) is 0 Å². The van der Waals surface area contributed by atoms with E-state index in [0.717, 1.165) is 14.7 Å². The molecule has 1 amide bonds. The molecule has 1 heterocycles. The summed E-state index contributed by atoms with van der Waals surface area (Å²) in [6.07, 6.45) is 3.91. The highest BCUT2D eigenvalue weighted by Crippen LogP contribution is 2.25. The number of benzene rings is 1. The molecule has 1 aromatic carbocycles. The number of ketones is 1. The molecule has 0 bridgehead atoms. The summed E-state index contributed by atoms with van der Waals surface area (Å²) in [7, 11) is 0. The number of pyridine rings is 1. The molecule has 0 saturated heterocycles. The standard InChI is InChI=1S/C19H21IN2O2/c1-13(17-6-8-18(20)9-7-17)22(15(3)24)19(14(2)23)11-16-5-4-10-21-12-16/h4-10,12-13,19H,11H2,1-3H3/t13-,19-/m1/s1. The van der Waals surface area contributed by atoms with Crippen molar-refractivity contribution < 1.29 is 9.59 Å². The number of aromatic nitrogens is 1. The Hall–Kier alpha value is -1.76. The molecule has 126 valence electrons. The number of nitrogens with zero attached hydrogens (tertiary/aromatic N) is 2. The Balaban J connectivity index is 2.33. The summed E-state index contributed by atoms with van der Waals surface area (Å²) in [5.74, 6) is -0.128. The van der Waals surface area contributed by atoms with Gasteiger partial charge in [-0.05, 0) is 65.8 Å². The highest BCUT2D eigenvalue weighted by Gasteiger charge is 2.30. The van der Waals surface area contributed by atoms with E-state index in [9.17, 15) is 9.59 Å². The molecule has 24 heavy (non-hydrogen) atoms. The normalized spacial score (nSPS) is 13.2. The zero-order valence-corrected chi connectivity index (χ0v) is 16.2. The molecule has 0 radical (unpaired) electrons. The van der Waals surface area contributed by atoms with E-state index in [1.54, 1.807) is 17.3 Å². The summed E-state index contributed by atoms with van der Waals surface area (Å²) in [5, 5.41) is 0. The number of hydrogen-bond acceptors (Lipinski definition) is 3. The van der Waals surface area contributed by atoms with Crippen molar-refractivity contribution in [1.29, 1.82) is 0 Å². The van der Waals surface area contributed by atoms with Gasteiger partial charge in [0, 0.05) is 29.3 Å². The van der Waals surface area contributed by atoms with Gasteiger partial charge in [-0.1, -0.05) is 18.2 Å². The van der Waals surface area contributed by atoms with E-state index >= 15 is 0 Å². The van der Waals surface area contributed by atoms with Gasteiger partial charge in [0.05, 0.1) is 12.1 Å². The summed E-state index contributed by atoms with van der Waals surface area (Å²) in [6, 6.07) is 11.1. The van der Waals surface area contributed by atoms with Crippen molar-refractivity contribution in [2.45, 2.75) is 39.3 Å². The number of halogens is 1. The Morgan fingerprint density at radius 1 is 1.17 bits per heavy atom. The first-order valence-corrected chi connectivity index (χ1v) is 8.91. The third-order valence-electron chi connectivity index (χ3n) is 4.09. The summed E-state index contributed by atoms with van der Waals surface area (Å²) < 4.78 is 1.14. The first kappa shape index (κ1) is 18.6. The Morgan fingerprint density at radius 2 is 1.83 bits per heavy atom. The molecule has 0 aliphatic carbocycles.